The maximum absolute atomic E-state index is 5.39. The van der Waals surface area contributed by atoms with E-state index >= 15 is 0 Å². The van der Waals surface area contributed by atoms with Crippen molar-refractivity contribution in [2.45, 2.75) is 6.54 Å². The van der Waals surface area contributed by atoms with E-state index in [1.165, 1.54) is 0 Å². The smallest absolute Gasteiger partial charge is 0.231 e. The molecular formula is C14H12BrNO2. The van der Waals surface area contributed by atoms with Crippen molar-refractivity contribution in [1.29, 1.82) is 0 Å². The molecule has 3 rings (SSSR count). The number of fused-ring (bicyclic) bond motifs is 1. The van der Waals surface area contributed by atoms with E-state index < -0.39 is 0 Å². The van der Waals surface area contributed by atoms with Gasteiger partial charge in [-0.05, 0) is 45.8 Å². The normalized spacial score (nSPS) is 12.5. The highest BCUT2D eigenvalue weighted by Crippen LogP contribution is 2.40. The monoisotopic (exact) mass is 305 g/mol. The molecule has 4 heteroatoms. The van der Waals surface area contributed by atoms with Gasteiger partial charge in [0, 0.05) is 12.2 Å². The van der Waals surface area contributed by atoms with Crippen LogP contribution in [0.4, 0.5) is 5.69 Å². The van der Waals surface area contributed by atoms with Crippen LogP contribution in [0.5, 0.6) is 11.5 Å². The predicted molar refractivity (Wildman–Crippen MR) is 74.0 cm³/mol. The Labute approximate surface area is 114 Å². The quantitative estimate of drug-likeness (QED) is 0.936. The molecule has 0 bridgehead atoms. The van der Waals surface area contributed by atoms with E-state index in [9.17, 15) is 0 Å². The predicted octanol–water partition coefficient (Wildman–Crippen LogP) is 3.79. The zero-order chi connectivity index (χ0) is 12.4. The topological polar surface area (TPSA) is 30.5 Å². The number of nitrogens with one attached hydrogen (secondary N) is 1. The zero-order valence-corrected chi connectivity index (χ0v) is 11.2. The van der Waals surface area contributed by atoms with Crippen molar-refractivity contribution in [3.8, 4) is 11.5 Å². The highest BCUT2D eigenvalue weighted by atomic mass is 79.9. The molecule has 0 saturated heterocycles. The van der Waals surface area contributed by atoms with Crippen molar-refractivity contribution in [3.63, 3.8) is 0 Å². The van der Waals surface area contributed by atoms with Crippen LogP contribution in [0.15, 0.2) is 46.9 Å². The van der Waals surface area contributed by atoms with Crippen LogP contribution >= 0.6 is 15.9 Å². The standard InChI is InChI=1S/C14H12BrNO2/c15-12-6-10(7-13-14(12)18-9-17-13)8-16-11-4-2-1-3-5-11/h1-7,16H,8-9H2. The molecule has 0 spiro atoms. The Balaban J connectivity index is 1.76. The van der Waals surface area contributed by atoms with Gasteiger partial charge in [-0.1, -0.05) is 18.2 Å². The summed E-state index contributed by atoms with van der Waals surface area (Å²) in [5.74, 6) is 1.59. The van der Waals surface area contributed by atoms with Gasteiger partial charge < -0.3 is 14.8 Å². The molecule has 0 amide bonds. The van der Waals surface area contributed by atoms with Crippen LogP contribution in [-0.2, 0) is 6.54 Å². The fourth-order valence-corrected chi connectivity index (χ4v) is 2.49. The van der Waals surface area contributed by atoms with Gasteiger partial charge in [0.15, 0.2) is 11.5 Å². The molecule has 1 heterocycles. The molecule has 0 aromatic heterocycles. The Hall–Kier alpha value is -1.68. The summed E-state index contributed by atoms with van der Waals surface area (Å²) in [4.78, 5) is 0. The van der Waals surface area contributed by atoms with Crippen molar-refractivity contribution in [2.24, 2.45) is 0 Å². The van der Waals surface area contributed by atoms with Crippen molar-refractivity contribution < 1.29 is 9.47 Å². The first-order valence-electron chi connectivity index (χ1n) is 5.70. The Bertz CT molecular complexity index is 557. The number of hydrogen-bond donors (Lipinski definition) is 1. The average Bonchev–Trinajstić information content (AvgIpc) is 2.86. The highest BCUT2D eigenvalue weighted by Gasteiger charge is 2.17. The highest BCUT2D eigenvalue weighted by molar-refractivity contribution is 9.10. The second kappa shape index (κ2) is 4.90. The molecule has 1 aliphatic heterocycles. The largest absolute Gasteiger partial charge is 0.454 e. The molecular weight excluding hydrogens is 294 g/mol. The van der Waals surface area contributed by atoms with Crippen LogP contribution < -0.4 is 14.8 Å². The first-order valence-corrected chi connectivity index (χ1v) is 6.49. The van der Waals surface area contributed by atoms with Gasteiger partial charge in [-0.15, -0.1) is 0 Å². The SMILES string of the molecule is Brc1cc(CNc2ccccc2)cc2c1OCO2. The summed E-state index contributed by atoms with van der Waals surface area (Å²) in [6, 6.07) is 14.2. The molecule has 2 aromatic rings. The number of anilines is 1. The van der Waals surface area contributed by atoms with Crippen LogP contribution in [0.25, 0.3) is 0 Å². The van der Waals surface area contributed by atoms with Gasteiger partial charge in [0.2, 0.25) is 6.79 Å². The number of rotatable bonds is 3. The van der Waals surface area contributed by atoms with Gasteiger partial charge in [0.25, 0.3) is 0 Å². The van der Waals surface area contributed by atoms with Crippen LogP contribution in [0.1, 0.15) is 5.56 Å². The third kappa shape index (κ3) is 2.29. The number of hydrogen-bond acceptors (Lipinski definition) is 3. The molecule has 0 fully saturated rings. The fraction of sp³-hybridized carbons (Fsp3) is 0.143. The Kier molecular flexibility index (Phi) is 3.11. The minimum atomic E-state index is 0.295. The summed E-state index contributed by atoms with van der Waals surface area (Å²) in [6.45, 7) is 1.04. The summed E-state index contributed by atoms with van der Waals surface area (Å²) >= 11 is 3.49. The van der Waals surface area contributed by atoms with Gasteiger partial charge in [-0.25, -0.2) is 0 Å². The minimum absolute atomic E-state index is 0.295. The van der Waals surface area contributed by atoms with Crippen LogP contribution in [-0.4, -0.2) is 6.79 Å². The lowest BCUT2D eigenvalue weighted by molar-refractivity contribution is 0.173. The lowest BCUT2D eigenvalue weighted by atomic mass is 10.2. The molecule has 0 aliphatic carbocycles. The number of benzene rings is 2. The van der Waals surface area contributed by atoms with E-state index in [0.717, 1.165) is 33.8 Å². The van der Waals surface area contributed by atoms with E-state index in [1.54, 1.807) is 0 Å². The molecule has 1 N–H and O–H groups in total. The van der Waals surface area contributed by atoms with Gasteiger partial charge in [-0.3, -0.25) is 0 Å². The second-order valence-electron chi connectivity index (χ2n) is 4.03. The molecule has 2 aromatic carbocycles. The Morgan fingerprint density at radius 1 is 1.11 bits per heavy atom. The molecule has 0 radical (unpaired) electrons. The minimum Gasteiger partial charge on any atom is -0.454 e. The second-order valence-corrected chi connectivity index (χ2v) is 4.89. The van der Waals surface area contributed by atoms with Crippen LogP contribution in [0, 0.1) is 0 Å². The van der Waals surface area contributed by atoms with E-state index in [2.05, 4.69) is 21.2 Å². The molecule has 0 unspecified atom stereocenters. The van der Waals surface area contributed by atoms with Gasteiger partial charge in [-0.2, -0.15) is 0 Å². The van der Waals surface area contributed by atoms with Gasteiger partial charge >= 0.3 is 0 Å². The van der Waals surface area contributed by atoms with E-state index in [0.29, 0.717) is 6.79 Å². The molecule has 18 heavy (non-hydrogen) atoms. The van der Waals surface area contributed by atoms with Crippen molar-refractivity contribution in [1.82, 2.24) is 0 Å². The van der Waals surface area contributed by atoms with E-state index in [-0.39, 0.29) is 0 Å². The van der Waals surface area contributed by atoms with E-state index in [1.807, 2.05) is 42.5 Å². The third-order valence-corrected chi connectivity index (χ3v) is 3.35. The van der Waals surface area contributed by atoms with Gasteiger partial charge in [0.05, 0.1) is 4.47 Å². The van der Waals surface area contributed by atoms with Crippen LogP contribution in [0.3, 0.4) is 0 Å². The third-order valence-electron chi connectivity index (χ3n) is 2.76. The fourth-order valence-electron chi connectivity index (χ4n) is 1.88. The maximum Gasteiger partial charge on any atom is 0.231 e. The number of ether oxygens (including phenoxy) is 2. The average molecular weight is 306 g/mol. The summed E-state index contributed by atoms with van der Waals surface area (Å²) in [6.07, 6.45) is 0. The first kappa shape index (κ1) is 11.4. The number of halogens is 1. The Morgan fingerprint density at radius 3 is 2.78 bits per heavy atom. The molecule has 0 atom stereocenters. The van der Waals surface area contributed by atoms with Crippen LogP contribution in [0.2, 0.25) is 0 Å². The summed E-state index contributed by atoms with van der Waals surface area (Å²) in [7, 11) is 0. The Morgan fingerprint density at radius 2 is 1.94 bits per heavy atom. The molecule has 1 aliphatic rings. The van der Waals surface area contributed by atoms with Gasteiger partial charge in [0.1, 0.15) is 0 Å². The molecule has 3 nitrogen and oxygen atoms in total. The van der Waals surface area contributed by atoms with Crippen molar-refractivity contribution >= 4 is 21.6 Å². The van der Waals surface area contributed by atoms with Crippen molar-refractivity contribution in [2.75, 3.05) is 12.1 Å². The summed E-state index contributed by atoms with van der Waals surface area (Å²) in [5.41, 5.74) is 2.25. The zero-order valence-electron chi connectivity index (χ0n) is 9.65. The summed E-state index contributed by atoms with van der Waals surface area (Å²) < 4.78 is 11.7. The lowest BCUT2D eigenvalue weighted by Gasteiger charge is -2.08. The molecule has 92 valence electrons. The lowest BCUT2D eigenvalue weighted by Crippen LogP contribution is -1.99. The maximum atomic E-state index is 5.39. The first-order chi connectivity index (χ1) is 8.83. The number of para-hydroxylation sites is 1. The van der Waals surface area contributed by atoms with E-state index in [4.69, 9.17) is 9.47 Å². The molecule has 0 saturated carbocycles. The summed E-state index contributed by atoms with van der Waals surface area (Å²) in [5, 5.41) is 3.36. The van der Waals surface area contributed by atoms with Crippen molar-refractivity contribution in [3.05, 3.63) is 52.5 Å².